The fourth-order valence-electron chi connectivity index (χ4n) is 2.96. The van der Waals surface area contributed by atoms with Crippen LogP contribution in [0.2, 0.25) is 0 Å². The molecule has 0 amide bonds. The SMILES string of the molecule is CC1CCCC(NCCc2cccc(F)c2)C1C. The molecule has 1 nitrogen and oxygen atoms in total. The van der Waals surface area contributed by atoms with Gasteiger partial charge in [-0.15, -0.1) is 0 Å². The molecule has 0 spiro atoms. The van der Waals surface area contributed by atoms with E-state index in [1.54, 1.807) is 12.1 Å². The largest absolute Gasteiger partial charge is 0.313 e. The van der Waals surface area contributed by atoms with Gasteiger partial charge in [0.05, 0.1) is 0 Å². The second-order valence-electron chi connectivity index (χ2n) is 5.71. The molecular weight excluding hydrogens is 225 g/mol. The van der Waals surface area contributed by atoms with E-state index in [2.05, 4.69) is 19.2 Å². The molecule has 0 aliphatic heterocycles. The monoisotopic (exact) mass is 249 g/mol. The molecule has 100 valence electrons. The lowest BCUT2D eigenvalue weighted by Crippen LogP contribution is -2.41. The quantitative estimate of drug-likeness (QED) is 0.856. The summed E-state index contributed by atoms with van der Waals surface area (Å²) in [5.41, 5.74) is 1.08. The molecule has 18 heavy (non-hydrogen) atoms. The minimum atomic E-state index is -0.132. The molecule has 1 aliphatic carbocycles. The van der Waals surface area contributed by atoms with Gasteiger partial charge in [0.15, 0.2) is 0 Å². The minimum absolute atomic E-state index is 0.132. The first-order chi connectivity index (χ1) is 8.66. The van der Waals surface area contributed by atoms with E-state index in [1.807, 2.05) is 6.07 Å². The molecule has 0 saturated heterocycles. The Balaban J connectivity index is 1.78. The first-order valence-corrected chi connectivity index (χ1v) is 7.14. The molecule has 2 rings (SSSR count). The highest BCUT2D eigenvalue weighted by molar-refractivity contribution is 5.16. The number of nitrogens with one attached hydrogen (secondary N) is 1. The van der Waals surface area contributed by atoms with Crippen molar-refractivity contribution in [3.05, 3.63) is 35.6 Å². The number of benzene rings is 1. The first kappa shape index (κ1) is 13.5. The maximum Gasteiger partial charge on any atom is 0.123 e. The normalized spacial score (nSPS) is 28.3. The summed E-state index contributed by atoms with van der Waals surface area (Å²) in [5, 5.41) is 3.65. The highest BCUT2D eigenvalue weighted by atomic mass is 19.1. The molecule has 3 unspecified atom stereocenters. The Bertz CT molecular complexity index is 377. The molecule has 0 bridgehead atoms. The summed E-state index contributed by atoms with van der Waals surface area (Å²) >= 11 is 0. The second-order valence-corrected chi connectivity index (χ2v) is 5.71. The van der Waals surface area contributed by atoms with Crippen LogP contribution >= 0.6 is 0 Å². The van der Waals surface area contributed by atoms with Crippen LogP contribution in [0.25, 0.3) is 0 Å². The number of rotatable bonds is 4. The lowest BCUT2D eigenvalue weighted by Gasteiger charge is -2.34. The average molecular weight is 249 g/mol. The summed E-state index contributed by atoms with van der Waals surface area (Å²) in [4.78, 5) is 0. The van der Waals surface area contributed by atoms with Crippen molar-refractivity contribution < 1.29 is 4.39 Å². The third-order valence-corrected chi connectivity index (χ3v) is 4.42. The third kappa shape index (κ3) is 3.55. The van der Waals surface area contributed by atoms with Gasteiger partial charge in [-0.1, -0.05) is 38.8 Å². The van der Waals surface area contributed by atoms with Crippen molar-refractivity contribution in [1.82, 2.24) is 5.32 Å². The van der Waals surface area contributed by atoms with Gasteiger partial charge in [0, 0.05) is 6.04 Å². The molecular formula is C16H24FN. The number of hydrogen-bond acceptors (Lipinski definition) is 1. The van der Waals surface area contributed by atoms with Crippen LogP contribution in [0.1, 0.15) is 38.7 Å². The highest BCUT2D eigenvalue weighted by Gasteiger charge is 2.26. The van der Waals surface area contributed by atoms with E-state index in [0.29, 0.717) is 6.04 Å². The maximum absolute atomic E-state index is 13.0. The zero-order valence-corrected chi connectivity index (χ0v) is 11.5. The van der Waals surface area contributed by atoms with Crippen molar-refractivity contribution in [1.29, 1.82) is 0 Å². The summed E-state index contributed by atoms with van der Waals surface area (Å²) in [6.07, 6.45) is 4.90. The average Bonchev–Trinajstić information content (AvgIpc) is 2.35. The summed E-state index contributed by atoms with van der Waals surface area (Å²) in [6, 6.07) is 7.56. The van der Waals surface area contributed by atoms with Crippen molar-refractivity contribution in [2.75, 3.05) is 6.54 Å². The summed E-state index contributed by atoms with van der Waals surface area (Å²) in [7, 11) is 0. The molecule has 1 saturated carbocycles. The second kappa shape index (κ2) is 6.33. The van der Waals surface area contributed by atoms with Crippen LogP contribution < -0.4 is 5.32 Å². The van der Waals surface area contributed by atoms with E-state index < -0.39 is 0 Å². The standard InChI is InChI=1S/C16H24FN/c1-12-5-3-8-16(13(12)2)18-10-9-14-6-4-7-15(17)11-14/h4,6-7,11-13,16,18H,3,5,8-10H2,1-2H3. The minimum Gasteiger partial charge on any atom is -0.313 e. The van der Waals surface area contributed by atoms with E-state index >= 15 is 0 Å². The van der Waals surface area contributed by atoms with Crippen LogP contribution in [0.15, 0.2) is 24.3 Å². The van der Waals surface area contributed by atoms with Crippen LogP contribution in [-0.2, 0) is 6.42 Å². The highest BCUT2D eigenvalue weighted by Crippen LogP contribution is 2.29. The van der Waals surface area contributed by atoms with Crippen molar-refractivity contribution >= 4 is 0 Å². The van der Waals surface area contributed by atoms with Gasteiger partial charge in [-0.05, 0) is 48.9 Å². The molecule has 2 heteroatoms. The zero-order chi connectivity index (χ0) is 13.0. The van der Waals surface area contributed by atoms with Gasteiger partial charge in [-0.3, -0.25) is 0 Å². The Labute approximate surface area is 110 Å². The lowest BCUT2D eigenvalue weighted by molar-refractivity contribution is 0.208. The zero-order valence-electron chi connectivity index (χ0n) is 11.5. The van der Waals surface area contributed by atoms with E-state index in [0.717, 1.165) is 30.4 Å². The molecule has 0 heterocycles. The predicted octanol–water partition coefficient (Wildman–Crippen LogP) is 3.78. The Morgan fingerprint density at radius 1 is 1.28 bits per heavy atom. The van der Waals surface area contributed by atoms with E-state index in [9.17, 15) is 4.39 Å². The van der Waals surface area contributed by atoms with Gasteiger partial charge in [-0.2, -0.15) is 0 Å². The third-order valence-electron chi connectivity index (χ3n) is 4.42. The number of hydrogen-bond donors (Lipinski definition) is 1. The molecule has 1 aromatic rings. The molecule has 1 fully saturated rings. The van der Waals surface area contributed by atoms with E-state index in [4.69, 9.17) is 0 Å². The fraction of sp³-hybridized carbons (Fsp3) is 0.625. The smallest absolute Gasteiger partial charge is 0.123 e. The van der Waals surface area contributed by atoms with Crippen LogP contribution in [0.5, 0.6) is 0 Å². The summed E-state index contributed by atoms with van der Waals surface area (Å²) < 4.78 is 13.0. The number of halogens is 1. The van der Waals surface area contributed by atoms with Crippen LogP contribution in [0, 0.1) is 17.7 Å². The Hall–Kier alpha value is -0.890. The van der Waals surface area contributed by atoms with Gasteiger partial charge < -0.3 is 5.32 Å². The topological polar surface area (TPSA) is 12.0 Å². The fourth-order valence-corrected chi connectivity index (χ4v) is 2.96. The predicted molar refractivity (Wildman–Crippen MR) is 74.1 cm³/mol. The van der Waals surface area contributed by atoms with Crippen LogP contribution in [0.4, 0.5) is 4.39 Å². The van der Waals surface area contributed by atoms with Gasteiger partial charge >= 0.3 is 0 Å². The van der Waals surface area contributed by atoms with Crippen LogP contribution in [-0.4, -0.2) is 12.6 Å². The Kier molecular flexibility index (Phi) is 4.76. The van der Waals surface area contributed by atoms with E-state index in [-0.39, 0.29) is 5.82 Å². The van der Waals surface area contributed by atoms with Crippen molar-refractivity contribution in [3.8, 4) is 0 Å². The molecule has 1 aliphatic rings. The summed E-state index contributed by atoms with van der Waals surface area (Å²) in [5.74, 6) is 1.45. The van der Waals surface area contributed by atoms with Gasteiger partial charge in [-0.25, -0.2) is 4.39 Å². The first-order valence-electron chi connectivity index (χ1n) is 7.14. The van der Waals surface area contributed by atoms with Gasteiger partial charge in [0.1, 0.15) is 5.82 Å². The van der Waals surface area contributed by atoms with Gasteiger partial charge in [0.25, 0.3) is 0 Å². The Morgan fingerprint density at radius 3 is 2.89 bits per heavy atom. The molecule has 0 radical (unpaired) electrons. The molecule has 1 N–H and O–H groups in total. The Morgan fingerprint density at radius 2 is 2.11 bits per heavy atom. The van der Waals surface area contributed by atoms with Crippen molar-refractivity contribution in [2.45, 2.75) is 45.6 Å². The molecule has 1 aromatic carbocycles. The summed E-state index contributed by atoms with van der Waals surface area (Å²) in [6.45, 7) is 5.65. The van der Waals surface area contributed by atoms with Crippen molar-refractivity contribution in [2.24, 2.45) is 11.8 Å². The van der Waals surface area contributed by atoms with Crippen molar-refractivity contribution in [3.63, 3.8) is 0 Å². The maximum atomic E-state index is 13.0. The van der Waals surface area contributed by atoms with Gasteiger partial charge in [0.2, 0.25) is 0 Å². The lowest BCUT2D eigenvalue weighted by atomic mass is 9.78. The molecule has 0 aromatic heterocycles. The van der Waals surface area contributed by atoms with Crippen LogP contribution in [0.3, 0.4) is 0 Å². The van der Waals surface area contributed by atoms with E-state index in [1.165, 1.54) is 25.3 Å². The molecule has 3 atom stereocenters.